The molecule has 0 saturated heterocycles. The molecule has 7 heteroatoms. The van der Waals surface area contributed by atoms with Crippen LogP contribution in [0.25, 0.3) is 0 Å². The first-order valence-corrected chi connectivity index (χ1v) is 3.35. The fraction of sp³-hybridized carbons (Fsp3) is 0. The average molecular weight is 227 g/mol. The second-order valence-corrected chi connectivity index (χ2v) is 2.39. The van der Waals surface area contributed by atoms with E-state index in [1.807, 2.05) is 0 Å². The van der Waals surface area contributed by atoms with E-state index < -0.39 is 23.8 Å². The zero-order valence-electron chi connectivity index (χ0n) is 7.27. The van der Waals surface area contributed by atoms with Gasteiger partial charge in [0.25, 0.3) is 0 Å². The molecule has 14 heavy (non-hydrogen) atoms. The molecule has 68 valence electrons. The monoisotopic (exact) mass is 227 g/mol. The Bertz CT molecular complexity index is 371. The van der Waals surface area contributed by atoms with Crippen LogP contribution in [0.2, 0.25) is 0 Å². The molecule has 0 aliphatic rings. The normalized spacial score (nSPS) is 10.2. The minimum absolute atomic E-state index is 0. The molecule has 0 heterocycles. The fourth-order valence-electron chi connectivity index (χ4n) is 0.932. The van der Waals surface area contributed by atoms with Gasteiger partial charge in [0.05, 0.1) is 11.6 Å². The summed E-state index contributed by atoms with van der Waals surface area (Å²) in [7, 11) is 0. The van der Waals surface area contributed by atoms with Crippen LogP contribution < -0.4 is 56.8 Å². The quantitative estimate of drug-likeness (QED) is 0.434. The first-order valence-electron chi connectivity index (χ1n) is 3.35. The van der Waals surface area contributed by atoms with Gasteiger partial charge in [0.2, 0.25) is 0 Å². The molecular formula is C7H3BF4KN. The van der Waals surface area contributed by atoms with Crippen molar-refractivity contribution in [2.75, 3.05) is 0 Å². The number of nitriles is 1. The summed E-state index contributed by atoms with van der Waals surface area (Å²) in [5, 5.41) is 8.28. The second-order valence-electron chi connectivity index (χ2n) is 2.39. The van der Waals surface area contributed by atoms with E-state index in [0.29, 0.717) is 6.07 Å². The van der Waals surface area contributed by atoms with Crippen molar-refractivity contribution >= 4 is 12.4 Å². The zero-order chi connectivity index (χ0) is 10.1. The molecule has 1 nitrogen and oxygen atoms in total. The van der Waals surface area contributed by atoms with Crippen LogP contribution in [0.5, 0.6) is 0 Å². The molecule has 0 spiro atoms. The van der Waals surface area contributed by atoms with E-state index in [1.165, 1.54) is 6.07 Å². The predicted molar refractivity (Wildman–Crippen MR) is 39.8 cm³/mol. The van der Waals surface area contributed by atoms with Crippen LogP contribution in [0.3, 0.4) is 0 Å². The Morgan fingerprint density at radius 2 is 1.79 bits per heavy atom. The van der Waals surface area contributed by atoms with Crippen molar-refractivity contribution in [3.05, 3.63) is 29.6 Å². The maximum atomic E-state index is 12.7. The average Bonchev–Trinajstić information content (AvgIpc) is 2.02. The number of nitrogens with zero attached hydrogens (tertiary/aromatic N) is 1. The van der Waals surface area contributed by atoms with Crippen LogP contribution in [-0.2, 0) is 0 Å². The molecule has 0 bridgehead atoms. The van der Waals surface area contributed by atoms with Gasteiger partial charge in [0.1, 0.15) is 5.82 Å². The number of hydrogen-bond donors (Lipinski definition) is 0. The van der Waals surface area contributed by atoms with Crippen molar-refractivity contribution in [3.8, 4) is 6.07 Å². The first kappa shape index (κ1) is 14.1. The molecule has 0 fully saturated rings. The van der Waals surface area contributed by atoms with Gasteiger partial charge in [-0.3, -0.25) is 0 Å². The molecular weight excluding hydrogens is 224 g/mol. The summed E-state index contributed by atoms with van der Waals surface area (Å²) in [4.78, 5) is 0. The second kappa shape index (κ2) is 5.28. The molecule has 0 aliphatic carbocycles. The zero-order valence-corrected chi connectivity index (χ0v) is 10.4. The minimum Gasteiger partial charge on any atom is -0.445 e. The molecule has 0 N–H and O–H groups in total. The van der Waals surface area contributed by atoms with Gasteiger partial charge in [0, 0.05) is 0 Å². The fourth-order valence-corrected chi connectivity index (χ4v) is 0.932. The van der Waals surface area contributed by atoms with Crippen LogP contribution in [0.15, 0.2) is 18.2 Å². The van der Waals surface area contributed by atoms with Crippen molar-refractivity contribution < 1.29 is 68.7 Å². The smallest absolute Gasteiger partial charge is 0.445 e. The molecule has 0 aliphatic heterocycles. The third-order valence-corrected chi connectivity index (χ3v) is 1.51. The molecule has 0 unspecified atom stereocenters. The van der Waals surface area contributed by atoms with E-state index in [9.17, 15) is 17.3 Å². The van der Waals surface area contributed by atoms with Crippen LogP contribution in [0, 0.1) is 17.1 Å². The Morgan fingerprint density at radius 1 is 1.21 bits per heavy atom. The van der Waals surface area contributed by atoms with Gasteiger partial charge < -0.3 is 12.9 Å². The summed E-state index contributed by atoms with van der Waals surface area (Å²) in [6.07, 6.45) is 0. The van der Waals surface area contributed by atoms with E-state index in [0.717, 1.165) is 12.1 Å². The van der Waals surface area contributed by atoms with Crippen molar-refractivity contribution in [2.45, 2.75) is 0 Å². The van der Waals surface area contributed by atoms with Gasteiger partial charge >= 0.3 is 58.4 Å². The molecule has 1 aromatic carbocycles. The third-order valence-electron chi connectivity index (χ3n) is 1.51. The Kier molecular flexibility index (Phi) is 5.33. The molecule has 1 rings (SSSR count). The van der Waals surface area contributed by atoms with Crippen molar-refractivity contribution in [1.29, 1.82) is 5.26 Å². The Morgan fingerprint density at radius 3 is 2.14 bits per heavy atom. The van der Waals surface area contributed by atoms with E-state index in [4.69, 9.17) is 5.26 Å². The maximum absolute atomic E-state index is 12.7. The van der Waals surface area contributed by atoms with E-state index >= 15 is 0 Å². The number of halogens is 4. The SMILES string of the molecule is N#Cc1c(F)cccc1[B-](F)(F)F.[K+]. The number of hydrogen-bond acceptors (Lipinski definition) is 1. The summed E-state index contributed by atoms with van der Waals surface area (Å²) >= 11 is 0. The van der Waals surface area contributed by atoms with E-state index in [1.54, 1.807) is 0 Å². The van der Waals surface area contributed by atoms with Crippen LogP contribution >= 0.6 is 0 Å². The summed E-state index contributed by atoms with van der Waals surface area (Å²) in [5.41, 5.74) is -2.11. The Hall–Kier alpha value is 0.131. The molecule has 0 atom stereocenters. The summed E-state index contributed by atoms with van der Waals surface area (Å²) in [6.45, 7) is -5.32. The van der Waals surface area contributed by atoms with Gasteiger partial charge in [-0.25, -0.2) is 4.39 Å². The topological polar surface area (TPSA) is 23.8 Å². The summed E-state index contributed by atoms with van der Waals surface area (Å²) < 4.78 is 49.1. The molecule has 0 radical (unpaired) electrons. The van der Waals surface area contributed by atoms with Crippen LogP contribution in [-0.4, -0.2) is 6.98 Å². The standard InChI is InChI=1S/C7H3BF4N.K/c9-7-3-1-2-6(5(7)4-13)8(10,11)12;/h1-3H;/q-1;+1. The first-order chi connectivity index (χ1) is 5.96. The molecule has 0 aromatic heterocycles. The van der Waals surface area contributed by atoms with Gasteiger partial charge in [-0.15, -0.1) is 0 Å². The van der Waals surface area contributed by atoms with Gasteiger partial charge in [-0.05, 0) is 6.07 Å². The Labute approximate surface area is 121 Å². The van der Waals surface area contributed by atoms with Gasteiger partial charge in [-0.2, -0.15) is 5.26 Å². The van der Waals surface area contributed by atoms with Gasteiger partial charge in [0.15, 0.2) is 0 Å². The number of benzene rings is 1. The van der Waals surface area contributed by atoms with E-state index in [2.05, 4.69) is 0 Å². The van der Waals surface area contributed by atoms with Crippen LogP contribution in [0.1, 0.15) is 5.56 Å². The van der Waals surface area contributed by atoms with Crippen molar-refractivity contribution in [1.82, 2.24) is 0 Å². The van der Waals surface area contributed by atoms with Gasteiger partial charge in [-0.1, -0.05) is 17.6 Å². The van der Waals surface area contributed by atoms with Crippen molar-refractivity contribution in [3.63, 3.8) is 0 Å². The Balaban J connectivity index is 0.00000169. The molecule has 0 amide bonds. The largest absolute Gasteiger partial charge is 1.00 e. The molecule has 1 aromatic rings. The third kappa shape index (κ3) is 3.07. The number of rotatable bonds is 1. The van der Waals surface area contributed by atoms with Crippen molar-refractivity contribution in [2.24, 2.45) is 0 Å². The summed E-state index contributed by atoms with van der Waals surface area (Å²) in [5.74, 6) is -1.14. The van der Waals surface area contributed by atoms with Crippen LogP contribution in [0.4, 0.5) is 17.3 Å². The minimum atomic E-state index is -5.32. The maximum Gasteiger partial charge on any atom is 1.00 e. The molecule has 0 saturated carbocycles. The predicted octanol–water partition coefficient (Wildman–Crippen LogP) is -1.24. The summed E-state index contributed by atoms with van der Waals surface area (Å²) in [6, 6.07) is 3.64. The van der Waals surface area contributed by atoms with E-state index in [-0.39, 0.29) is 51.4 Å².